The van der Waals surface area contributed by atoms with Crippen LogP contribution < -0.4 is 15.5 Å². The molecule has 0 unspecified atom stereocenters. The fraction of sp³-hybridized carbons (Fsp3) is 0.118. The van der Waals surface area contributed by atoms with Crippen molar-refractivity contribution in [3.8, 4) is 5.75 Å². The molecule has 2 amide bonds. The van der Waals surface area contributed by atoms with Gasteiger partial charge in [0, 0.05) is 5.02 Å². The summed E-state index contributed by atoms with van der Waals surface area (Å²) >= 11 is 5.77. The van der Waals surface area contributed by atoms with Crippen LogP contribution in [-0.2, 0) is 9.59 Å². The highest BCUT2D eigenvalue weighted by Crippen LogP contribution is 2.08. The quantitative estimate of drug-likeness (QED) is 0.595. The van der Waals surface area contributed by atoms with Gasteiger partial charge in [0.15, 0.2) is 6.61 Å². The first-order valence-corrected chi connectivity index (χ1v) is 7.53. The second-order valence-corrected chi connectivity index (χ2v) is 5.16. The van der Waals surface area contributed by atoms with Crippen molar-refractivity contribution in [1.29, 1.82) is 0 Å². The van der Waals surface area contributed by atoms with Crippen molar-refractivity contribution >= 4 is 29.6 Å². The number of para-hydroxylation sites is 1. The van der Waals surface area contributed by atoms with Crippen LogP contribution in [0.4, 0.5) is 0 Å². The van der Waals surface area contributed by atoms with Gasteiger partial charge in [0.05, 0.1) is 12.8 Å². The number of hydrogen-bond donors (Lipinski definition) is 2. The van der Waals surface area contributed by atoms with Crippen LogP contribution in [0.15, 0.2) is 59.7 Å². The normalized spacial score (nSPS) is 10.4. The number of carbonyl (C=O) groups excluding carboxylic acids is 2. The average Bonchev–Trinajstić information content (AvgIpc) is 2.61. The molecule has 0 saturated heterocycles. The van der Waals surface area contributed by atoms with E-state index in [1.165, 1.54) is 6.21 Å². The first kappa shape index (κ1) is 17.5. The minimum atomic E-state index is -0.437. The van der Waals surface area contributed by atoms with E-state index in [0.717, 1.165) is 5.56 Å². The number of amides is 2. The molecular formula is C17H16ClN3O3. The van der Waals surface area contributed by atoms with Crippen molar-refractivity contribution in [3.05, 3.63) is 65.2 Å². The molecule has 2 N–H and O–H groups in total. The minimum Gasteiger partial charge on any atom is -0.484 e. The number of hydrazone groups is 1. The highest BCUT2D eigenvalue weighted by atomic mass is 35.5. The number of hydrogen-bond acceptors (Lipinski definition) is 4. The van der Waals surface area contributed by atoms with E-state index in [-0.39, 0.29) is 13.2 Å². The Morgan fingerprint density at radius 1 is 1.04 bits per heavy atom. The van der Waals surface area contributed by atoms with E-state index in [9.17, 15) is 9.59 Å². The lowest BCUT2D eigenvalue weighted by atomic mass is 10.2. The Balaban J connectivity index is 1.65. The van der Waals surface area contributed by atoms with Gasteiger partial charge in [-0.15, -0.1) is 0 Å². The molecule has 0 fully saturated rings. The maximum absolute atomic E-state index is 11.6. The molecule has 0 aromatic heterocycles. The zero-order valence-electron chi connectivity index (χ0n) is 12.7. The Morgan fingerprint density at radius 2 is 1.75 bits per heavy atom. The molecule has 0 aliphatic rings. The number of nitrogens with one attached hydrogen (secondary N) is 2. The summed E-state index contributed by atoms with van der Waals surface area (Å²) in [5, 5.41) is 6.86. The van der Waals surface area contributed by atoms with Gasteiger partial charge in [0.1, 0.15) is 5.75 Å². The predicted molar refractivity (Wildman–Crippen MR) is 92.1 cm³/mol. The number of carbonyl (C=O) groups is 2. The molecule has 7 heteroatoms. The summed E-state index contributed by atoms with van der Waals surface area (Å²) in [5.74, 6) is -0.242. The summed E-state index contributed by atoms with van der Waals surface area (Å²) < 4.78 is 5.26. The van der Waals surface area contributed by atoms with E-state index in [4.69, 9.17) is 16.3 Å². The van der Waals surface area contributed by atoms with E-state index in [1.807, 2.05) is 6.07 Å². The molecule has 124 valence electrons. The monoisotopic (exact) mass is 345 g/mol. The number of benzene rings is 2. The van der Waals surface area contributed by atoms with Crippen molar-refractivity contribution in [2.24, 2.45) is 5.10 Å². The highest BCUT2D eigenvalue weighted by molar-refractivity contribution is 6.30. The summed E-state index contributed by atoms with van der Waals surface area (Å²) in [6.07, 6.45) is 1.48. The van der Waals surface area contributed by atoms with Crippen LogP contribution in [0.1, 0.15) is 5.56 Å². The van der Waals surface area contributed by atoms with Crippen LogP contribution in [0.5, 0.6) is 5.75 Å². The lowest BCUT2D eigenvalue weighted by molar-refractivity contribution is -0.127. The topological polar surface area (TPSA) is 79.8 Å². The van der Waals surface area contributed by atoms with Crippen LogP contribution >= 0.6 is 11.6 Å². The van der Waals surface area contributed by atoms with Crippen molar-refractivity contribution in [1.82, 2.24) is 10.7 Å². The Hall–Kier alpha value is -2.86. The molecule has 0 heterocycles. The zero-order valence-corrected chi connectivity index (χ0v) is 13.5. The predicted octanol–water partition coefficient (Wildman–Crippen LogP) is 1.99. The molecule has 2 rings (SSSR count). The third-order valence-electron chi connectivity index (χ3n) is 2.83. The summed E-state index contributed by atoms with van der Waals surface area (Å²) in [7, 11) is 0. The first-order chi connectivity index (χ1) is 11.6. The molecule has 2 aromatic rings. The molecule has 0 aliphatic carbocycles. The largest absolute Gasteiger partial charge is 0.484 e. The molecule has 0 radical (unpaired) electrons. The SMILES string of the molecule is O=C(COc1ccccc1)NCC(=O)N/N=C/c1ccc(Cl)cc1. The van der Waals surface area contributed by atoms with Gasteiger partial charge in [-0.3, -0.25) is 9.59 Å². The molecule has 0 saturated carbocycles. The Labute approximate surface area is 144 Å². The number of ether oxygens (including phenoxy) is 1. The van der Waals surface area contributed by atoms with Gasteiger partial charge in [-0.2, -0.15) is 5.10 Å². The summed E-state index contributed by atoms with van der Waals surface area (Å²) in [6, 6.07) is 15.9. The standard InChI is InChI=1S/C17H16ClN3O3/c18-14-8-6-13(7-9-14)10-20-21-16(22)11-19-17(23)12-24-15-4-2-1-3-5-15/h1-10H,11-12H2,(H,19,23)(H,21,22)/b20-10+. The lowest BCUT2D eigenvalue weighted by Gasteiger charge is -2.06. The lowest BCUT2D eigenvalue weighted by Crippen LogP contribution is -2.37. The summed E-state index contributed by atoms with van der Waals surface area (Å²) in [4.78, 5) is 23.1. The van der Waals surface area contributed by atoms with Gasteiger partial charge in [-0.1, -0.05) is 41.9 Å². The molecule has 0 spiro atoms. The van der Waals surface area contributed by atoms with Crippen molar-refractivity contribution in [2.45, 2.75) is 0 Å². The van der Waals surface area contributed by atoms with Crippen molar-refractivity contribution in [3.63, 3.8) is 0 Å². The molecule has 0 aliphatic heterocycles. The van der Waals surface area contributed by atoms with E-state index >= 15 is 0 Å². The number of rotatable bonds is 7. The van der Waals surface area contributed by atoms with Gasteiger partial charge in [-0.25, -0.2) is 5.43 Å². The van der Waals surface area contributed by atoms with E-state index < -0.39 is 11.8 Å². The number of nitrogens with zero attached hydrogens (tertiary/aromatic N) is 1. The van der Waals surface area contributed by atoms with Crippen molar-refractivity contribution < 1.29 is 14.3 Å². The fourth-order valence-corrected chi connectivity index (χ4v) is 1.79. The first-order valence-electron chi connectivity index (χ1n) is 7.15. The Bertz CT molecular complexity index is 703. The molecule has 2 aromatic carbocycles. The Morgan fingerprint density at radius 3 is 2.46 bits per heavy atom. The van der Waals surface area contributed by atoms with E-state index in [2.05, 4.69) is 15.8 Å². The summed E-state index contributed by atoms with van der Waals surface area (Å²) in [6.45, 7) is -0.347. The van der Waals surface area contributed by atoms with Crippen molar-refractivity contribution in [2.75, 3.05) is 13.2 Å². The average molecular weight is 346 g/mol. The fourth-order valence-electron chi connectivity index (χ4n) is 1.66. The van der Waals surface area contributed by atoms with Gasteiger partial charge in [-0.05, 0) is 29.8 Å². The Kier molecular flexibility index (Phi) is 6.79. The third kappa shape index (κ3) is 6.50. The summed E-state index contributed by atoms with van der Waals surface area (Å²) in [5.41, 5.74) is 3.11. The third-order valence-corrected chi connectivity index (χ3v) is 3.08. The van der Waals surface area contributed by atoms with Crippen LogP contribution in [0.25, 0.3) is 0 Å². The smallest absolute Gasteiger partial charge is 0.259 e. The molecule has 6 nitrogen and oxygen atoms in total. The number of halogens is 1. The second kappa shape index (κ2) is 9.32. The zero-order chi connectivity index (χ0) is 17.2. The van der Waals surface area contributed by atoms with Gasteiger partial charge < -0.3 is 10.1 Å². The molecular weight excluding hydrogens is 330 g/mol. The maximum atomic E-state index is 11.6. The second-order valence-electron chi connectivity index (χ2n) is 4.72. The van der Waals surface area contributed by atoms with Gasteiger partial charge in [0.25, 0.3) is 11.8 Å². The van der Waals surface area contributed by atoms with E-state index in [1.54, 1.807) is 48.5 Å². The highest BCUT2D eigenvalue weighted by Gasteiger charge is 2.05. The van der Waals surface area contributed by atoms with Crippen LogP contribution in [-0.4, -0.2) is 31.2 Å². The van der Waals surface area contributed by atoms with Gasteiger partial charge >= 0.3 is 0 Å². The molecule has 24 heavy (non-hydrogen) atoms. The minimum absolute atomic E-state index is 0.161. The van der Waals surface area contributed by atoms with Crippen LogP contribution in [0.2, 0.25) is 5.02 Å². The van der Waals surface area contributed by atoms with Crippen LogP contribution in [0.3, 0.4) is 0 Å². The molecule has 0 bridgehead atoms. The maximum Gasteiger partial charge on any atom is 0.259 e. The van der Waals surface area contributed by atoms with Gasteiger partial charge in [0.2, 0.25) is 0 Å². The van der Waals surface area contributed by atoms with E-state index in [0.29, 0.717) is 10.8 Å². The van der Waals surface area contributed by atoms with Crippen LogP contribution in [0, 0.1) is 0 Å². The molecule has 0 atom stereocenters.